The van der Waals surface area contributed by atoms with E-state index in [9.17, 15) is 9.90 Å². The van der Waals surface area contributed by atoms with E-state index in [4.69, 9.17) is 5.26 Å². The molecule has 0 spiro atoms. The van der Waals surface area contributed by atoms with Gasteiger partial charge in [0.05, 0.1) is 17.7 Å². The van der Waals surface area contributed by atoms with Crippen molar-refractivity contribution in [2.75, 3.05) is 0 Å². The van der Waals surface area contributed by atoms with Crippen molar-refractivity contribution < 1.29 is 9.90 Å². The number of carbonyl (C=O) groups excluding carboxylic acids is 1. The lowest BCUT2D eigenvalue weighted by atomic mass is 9.93. The van der Waals surface area contributed by atoms with E-state index in [1.807, 2.05) is 6.07 Å². The monoisotopic (exact) mass is 215 g/mol. The number of aliphatic hydroxyl groups excluding tert-OH is 1. The van der Waals surface area contributed by atoms with Gasteiger partial charge in [0.15, 0.2) is 0 Å². The number of benzene rings is 1. The second-order valence-corrected chi connectivity index (χ2v) is 4.14. The van der Waals surface area contributed by atoms with Gasteiger partial charge in [0.1, 0.15) is 5.78 Å². The van der Waals surface area contributed by atoms with Crippen molar-refractivity contribution in [2.24, 2.45) is 5.92 Å². The fourth-order valence-electron chi connectivity index (χ4n) is 2.16. The third kappa shape index (κ3) is 1.98. The summed E-state index contributed by atoms with van der Waals surface area (Å²) in [5, 5.41) is 18.7. The summed E-state index contributed by atoms with van der Waals surface area (Å²) in [6.07, 6.45) is 1.50. The fraction of sp³-hybridized carbons (Fsp3) is 0.385. The first-order valence-corrected chi connectivity index (χ1v) is 5.43. The van der Waals surface area contributed by atoms with Crippen LogP contribution in [-0.4, -0.2) is 10.9 Å². The van der Waals surface area contributed by atoms with Crippen LogP contribution >= 0.6 is 0 Å². The molecule has 1 fully saturated rings. The first kappa shape index (κ1) is 10.8. The number of nitrogens with zero attached hydrogens (tertiary/aromatic N) is 1. The minimum absolute atomic E-state index is 0.150. The molecule has 2 rings (SSSR count). The van der Waals surface area contributed by atoms with Crippen LogP contribution in [0.1, 0.15) is 36.5 Å². The summed E-state index contributed by atoms with van der Waals surface area (Å²) in [7, 11) is 0. The van der Waals surface area contributed by atoms with Crippen molar-refractivity contribution >= 4 is 5.78 Å². The van der Waals surface area contributed by atoms with Crippen LogP contribution in [0, 0.1) is 17.2 Å². The normalized spacial score (nSPS) is 21.8. The Morgan fingerprint density at radius 1 is 1.38 bits per heavy atom. The lowest BCUT2D eigenvalue weighted by molar-refractivity contribution is -0.123. The number of hydrogen-bond acceptors (Lipinski definition) is 3. The second-order valence-electron chi connectivity index (χ2n) is 4.14. The average molecular weight is 215 g/mol. The molecule has 0 unspecified atom stereocenters. The molecule has 0 aliphatic heterocycles. The van der Waals surface area contributed by atoms with E-state index in [0.29, 0.717) is 12.0 Å². The maximum atomic E-state index is 11.5. The molecule has 3 heteroatoms. The molecule has 1 saturated carbocycles. The molecule has 82 valence electrons. The maximum absolute atomic E-state index is 11.5. The van der Waals surface area contributed by atoms with E-state index in [2.05, 4.69) is 0 Å². The van der Waals surface area contributed by atoms with Gasteiger partial charge in [-0.1, -0.05) is 12.1 Å². The van der Waals surface area contributed by atoms with Crippen molar-refractivity contribution in [3.8, 4) is 6.07 Å². The van der Waals surface area contributed by atoms with E-state index < -0.39 is 6.10 Å². The highest BCUT2D eigenvalue weighted by molar-refractivity contribution is 5.83. The van der Waals surface area contributed by atoms with Crippen LogP contribution in [0.15, 0.2) is 24.3 Å². The van der Waals surface area contributed by atoms with Gasteiger partial charge in [-0.3, -0.25) is 4.79 Å². The smallest absolute Gasteiger partial charge is 0.138 e. The van der Waals surface area contributed by atoms with Gasteiger partial charge in [0.2, 0.25) is 0 Å². The Labute approximate surface area is 94.3 Å². The summed E-state index contributed by atoms with van der Waals surface area (Å²) < 4.78 is 0. The predicted octanol–water partition coefficient (Wildman–Crippen LogP) is 1.96. The number of ketones is 1. The first-order chi connectivity index (χ1) is 7.72. The first-order valence-electron chi connectivity index (χ1n) is 5.43. The van der Waals surface area contributed by atoms with Crippen molar-refractivity contribution in [3.05, 3.63) is 35.4 Å². The van der Waals surface area contributed by atoms with Gasteiger partial charge in [-0.05, 0) is 30.5 Å². The molecule has 1 aliphatic rings. The topological polar surface area (TPSA) is 61.1 Å². The standard InChI is InChI=1S/C13H13NO2/c14-8-9-4-6-10(7-5-9)13(16)11-2-1-3-12(11)15/h4-7,11,13,16H,1-3H2/t11-,13-/m0/s1. The van der Waals surface area contributed by atoms with Gasteiger partial charge < -0.3 is 5.11 Å². The Bertz CT molecular complexity index is 430. The Balaban J connectivity index is 2.17. The molecular formula is C13H13NO2. The number of aliphatic hydroxyl groups is 1. The lowest BCUT2D eigenvalue weighted by Crippen LogP contribution is -2.16. The van der Waals surface area contributed by atoms with E-state index in [1.54, 1.807) is 24.3 Å². The molecule has 2 atom stereocenters. The van der Waals surface area contributed by atoms with Crippen LogP contribution in [0.4, 0.5) is 0 Å². The molecule has 1 N–H and O–H groups in total. The molecule has 0 saturated heterocycles. The van der Waals surface area contributed by atoms with Gasteiger partial charge in [0.25, 0.3) is 0 Å². The molecule has 0 aromatic heterocycles. The largest absolute Gasteiger partial charge is 0.388 e. The average Bonchev–Trinajstić information content (AvgIpc) is 2.75. The highest BCUT2D eigenvalue weighted by atomic mass is 16.3. The van der Waals surface area contributed by atoms with Gasteiger partial charge in [0, 0.05) is 12.3 Å². The molecule has 16 heavy (non-hydrogen) atoms. The summed E-state index contributed by atoms with van der Waals surface area (Å²) in [4.78, 5) is 11.5. The summed E-state index contributed by atoms with van der Waals surface area (Å²) in [6.45, 7) is 0. The van der Waals surface area contributed by atoms with Gasteiger partial charge in [-0.2, -0.15) is 5.26 Å². The lowest BCUT2D eigenvalue weighted by Gasteiger charge is -2.16. The maximum Gasteiger partial charge on any atom is 0.138 e. The third-order valence-electron chi connectivity index (χ3n) is 3.11. The summed E-state index contributed by atoms with van der Waals surface area (Å²) in [6, 6.07) is 8.79. The molecule has 0 bridgehead atoms. The van der Waals surface area contributed by atoms with Crippen molar-refractivity contribution in [1.29, 1.82) is 5.26 Å². The summed E-state index contributed by atoms with van der Waals surface area (Å²) >= 11 is 0. The third-order valence-corrected chi connectivity index (χ3v) is 3.11. The van der Waals surface area contributed by atoms with Crippen LogP contribution in [0.5, 0.6) is 0 Å². The van der Waals surface area contributed by atoms with Crippen LogP contribution in [-0.2, 0) is 4.79 Å². The van der Waals surface area contributed by atoms with E-state index >= 15 is 0 Å². The van der Waals surface area contributed by atoms with E-state index in [0.717, 1.165) is 18.4 Å². The summed E-state index contributed by atoms with van der Waals surface area (Å²) in [5.74, 6) is -0.107. The Morgan fingerprint density at radius 3 is 2.56 bits per heavy atom. The Hall–Kier alpha value is -1.66. The van der Waals surface area contributed by atoms with E-state index in [-0.39, 0.29) is 11.7 Å². The SMILES string of the molecule is N#Cc1ccc([C@H](O)[C@H]2CCCC2=O)cc1. The molecule has 0 radical (unpaired) electrons. The number of hydrogen-bond donors (Lipinski definition) is 1. The molecule has 3 nitrogen and oxygen atoms in total. The number of rotatable bonds is 2. The number of carbonyl (C=O) groups is 1. The fourth-order valence-corrected chi connectivity index (χ4v) is 2.16. The quantitative estimate of drug-likeness (QED) is 0.820. The van der Waals surface area contributed by atoms with Crippen molar-refractivity contribution in [2.45, 2.75) is 25.4 Å². The number of nitriles is 1. The summed E-state index contributed by atoms with van der Waals surface area (Å²) in [5.41, 5.74) is 1.29. The van der Waals surface area contributed by atoms with Gasteiger partial charge >= 0.3 is 0 Å². The van der Waals surface area contributed by atoms with Gasteiger partial charge in [-0.15, -0.1) is 0 Å². The van der Waals surface area contributed by atoms with Crippen LogP contribution < -0.4 is 0 Å². The molecule has 0 heterocycles. The Kier molecular flexibility index (Phi) is 3.02. The zero-order chi connectivity index (χ0) is 11.5. The van der Waals surface area contributed by atoms with Crippen LogP contribution in [0.25, 0.3) is 0 Å². The van der Waals surface area contributed by atoms with Crippen LogP contribution in [0.3, 0.4) is 0 Å². The van der Waals surface area contributed by atoms with Crippen LogP contribution in [0.2, 0.25) is 0 Å². The second kappa shape index (κ2) is 4.46. The van der Waals surface area contributed by atoms with Crippen molar-refractivity contribution in [1.82, 2.24) is 0 Å². The minimum atomic E-state index is -0.720. The molecule has 1 aromatic rings. The molecule has 0 amide bonds. The minimum Gasteiger partial charge on any atom is -0.388 e. The van der Waals surface area contributed by atoms with E-state index in [1.165, 1.54) is 0 Å². The molecule has 1 aliphatic carbocycles. The predicted molar refractivity (Wildman–Crippen MR) is 58.5 cm³/mol. The Morgan fingerprint density at radius 2 is 2.06 bits per heavy atom. The zero-order valence-corrected chi connectivity index (χ0v) is 8.89. The highest BCUT2D eigenvalue weighted by Crippen LogP contribution is 2.33. The molecular weight excluding hydrogens is 202 g/mol. The zero-order valence-electron chi connectivity index (χ0n) is 8.89. The highest BCUT2D eigenvalue weighted by Gasteiger charge is 2.31. The van der Waals surface area contributed by atoms with Crippen molar-refractivity contribution in [3.63, 3.8) is 0 Å². The molecule has 1 aromatic carbocycles. The van der Waals surface area contributed by atoms with Gasteiger partial charge in [-0.25, -0.2) is 0 Å². The number of Topliss-reactive ketones (excluding diaryl/α,β-unsaturated/α-hetero) is 1.